The fourth-order valence-electron chi connectivity index (χ4n) is 2.90. The molecule has 132 valence electrons. The number of fused-ring (bicyclic) bond motifs is 3. The van der Waals surface area contributed by atoms with E-state index in [4.69, 9.17) is 9.47 Å². The SMILES string of the molecule is C=C1C(=O)c2c(sc3cc(C(=O)OC)c(C(=O)OC)cc23)C1=C(C#N)C#N. The highest BCUT2D eigenvalue weighted by molar-refractivity contribution is 7.21. The van der Waals surface area contributed by atoms with Crippen LogP contribution in [0.2, 0.25) is 0 Å². The molecule has 7 nitrogen and oxygen atoms in total. The molecule has 0 amide bonds. The van der Waals surface area contributed by atoms with E-state index >= 15 is 0 Å². The monoisotopic (exact) mass is 378 g/mol. The molecular formula is C19H10N2O5S. The van der Waals surface area contributed by atoms with Gasteiger partial charge in [0.15, 0.2) is 5.78 Å². The number of rotatable bonds is 2. The molecule has 0 saturated heterocycles. The fraction of sp³-hybridized carbons (Fsp3) is 0.105. The van der Waals surface area contributed by atoms with Crippen molar-refractivity contribution in [2.24, 2.45) is 0 Å². The van der Waals surface area contributed by atoms with Crippen LogP contribution in [0.15, 0.2) is 29.9 Å². The molecule has 0 atom stereocenters. The molecule has 1 aromatic heterocycles. The number of hydrogen-bond acceptors (Lipinski definition) is 8. The Balaban J connectivity index is 2.42. The number of Topliss-reactive ketones (excluding diaryl/α,β-unsaturated/α-hetero) is 1. The molecule has 0 fully saturated rings. The van der Waals surface area contributed by atoms with Gasteiger partial charge in [0.2, 0.25) is 0 Å². The molecule has 0 saturated carbocycles. The molecule has 0 aliphatic heterocycles. The first kappa shape index (κ1) is 18.1. The van der Waals surface area contributed by atoms with Crippen molar-refractivity contribution in [3.05, 3.63) is 51.4 Å². The van der Waals surface area contributed by atoms with Crippen molar-refractivity contribution in [1.82, 2.24) is 0 Å². The van der Waals surface area contributed by atoms with Crippen molar-refractivity contribution >= 4 is 44.7 Å². The van der Waals surface area contributed by atoms with E-state index in [1.165, 1.54) is 26.4 Å². The Morgan fingerprint density at radius 2 is 1.63 bits per heavy atom. The first-order valence-corrected chi connectivity index (χ1v) is 8.27. The third kappa shape index (κ3) is 2.51. The van der Waals surface area contributed by atoms with Crippen LogP contribution >= 0.6 is 11.3 Å². The third-order valence-electron chi connectivity index (χ3n) is 4.14. The Morgan fingerprint density at radius 1 is 1.07 bits per heavy atom. The quantitative estimate of drug-likeness (QED) is 0.448. The molecule has 0 spiro atoms. The van der Waals surface area contributed by atoms with Crippen molar-refractivity contribution in [1.29, 1.82) is 10.5 Å². The molecule has 0 radical (unpaired) electrons. The number of carbonyl (C=O) groups excluding carboxylic acids is 3. The Kier molecular flexibility index (Phi) is 4.36. The summed E-state index contributed by atoms with van der Waals surface area (Å²) in [5.41, 5.74) is 0.205. The number of hydrogen-bond donors (Lipinski definition) is 0. The predicted octanol–water partition coefficient (Wildman–Crippen LogP) is 3.03. The first-order valence-electron chi connectivity index (χ1n) is 7.45. The van der Waals surface area contributed by atoms with Gasteiger partial charge < -0.3 is 9.47 Å². The van der Waals surface area contributed by atoms with E-state index in [9.17, 15) is 24.9 Å². The Morgan fingerprint density at radius 3 is 2.15 bits per heavy atom. The van der Waals surface area contributed by atoms with Crippen molar-refractivity contribution in [3.8, 4) is 12.1 Å². The zero-order valence-corrected chi connectivity index (χ0v) is 15.0. The van der Waals surface area contributed by atoms with E-state index in [1.807, 2.05) is 0 Å². The number of thiophene rings is 1. The zero-order chi connectivity index (χ0) is 19.9. The lowest BCUT2D eigenvalue weighted by molar-refractivity contribution is 0.0555. The van der Waals surface area contributed by atoms with Gasteiger partial charge in [0.1, 0.15) is 17.7 Å². The predicted molar refractivity (Wildman–Crippen MR) is 96.1 cm³/mol. The van der Waals surface area contributed by atoms with Gasteiger partial charge >= 0.3 is 11.9 Å². The van der Waals surface area contributed by atoms with Crippen LogP contribution in [0.25, 0.3) is 15.7 Å². The second-order valence-electron chi connectivity index (χ2n) is 5.46. The summed E-state index contributed by atoms with van der Waals surface area (Å²) in [7, 11) is 2.36. The summed E-state index contributed by atoms with van der Waals surface area (Å²) in [5, 5.41) is 18.8. The molecule has 27 heavy (non-hydrogen) atoms. The number of nitriles is 2. The van der Waals surface area contributed by atoms with Gasteiger partial charge in [-0.2, -0.15) is 10.5 Å². The lowest BCUT2D eigenvalue weighted by Crippen LogP contribution is -2.11. The largest absolute Gasteiger partial charge is 0.465 e. The number of allylic oxidation sites excluding steroid dienone is 3. The summed E-state index contributed by atoms with van der Waals surface area (Å²) >= 11 is 1.13. The van der Waals surface area contributed by atoms with Crippen LogP contribution in [-0.2, 0) is 9.47 Å². The molecule has 3 rings (SSSR count). The molecular weight excluding hydrogens is 368 g/mol. The van der Waals surface area contributed by atoms with E-state index in [1.54, 1.807) is 12.1 Å². The van der Waals surface area contributed by atoms with Crippen LogP contribution in [0.5, 0.6) is 0 Å². The number of esters is 2. The standard InChI is InChI=1S/C19H10N2O5S/c1-8-14(9(6-20)7-21)17-15(16(8)22)12-4-10(18(23)25-2)11(19(24)26-3)5-13(12)27-17/h4-5H,1H2,2-3H3. The number of methoxy groups -OCH3 is 2. The van der Waals surface area contributed by atoms with E-state index in [0.717, 1.165) is 11.3 Å². The zero-order valence-electron chi connectivity index (χ0n) is 14.2. The molecule has 0 bridgehead atoms. The van der Waals surface area contributed by atoms with Crippen LogP contribution in [0.4, 0.5) is 0 Å². The summed E-state index contributed by atoms with van der Waals surface area (Å²) in [5.74, 6) is -1.92. The minimum absolute atomic E-state index is 0.00521. The highest BCUT2D eigenvalue weighted by Gasteiger charge is 2.36. The van der Waals surface area contributed by atoms with E-state index < -0.39 is 17.7 Å². The average Bonchev–Trinajstić information content (AvgIpc) is 3.16. The van der Waals surface area contributed by atoms with Crippen LogP contribution < -0.4 is 0 Å². The number of carbonyl (C=O) groups is 3. The maximum Gasteiger partial charge on any atom is 0.338 e. The maximum atomic E-state index is 12.7. The second-order valence-corrected chi connectivity index (χ2v) is 6.52. The molecule has 0 unspecified atom stereocenters. The minimum Gasteiger partial charge on any atom is -0.465 e. The topological polar surface area (TPSA) is 117 Å². The van der Waals surface area contributed by atoms with Crippen molar-refractivity contribution in [3.63, 3.8) is 0 Å². The summed E-state index contributed by atoms with van der Waals surface area (Å²) < 4.78 is 9.96. The lowest BCUT2D eigenvalue weighted by Gasteiger charge is -2.07. The smallest absolute Gasteiger partial charge is 0.338 e. The number of ether oxygens (including phenoxy) is 2. The maximum absolute atomic E-state index is 12.7. The van der Waals surface area contributed by atoms with E-state index in [0.29, 0.717) is 15.0 Å². The number of ketones is 1. The van der Waals surface area contributed by atoms with E-state index in [2.05, 4.69) is 6.58 Å². The average molecular weight is 378 g/mol. The minimum atomic E-state index is -0.757. The first-order chi connectivity index (χ1) is 12.9. The van der Waals surface area contributed by atoms with Crippen molar-refractivity contribution in [2.45, 2.75) is 0 Å². The van der Waals surface area contributed by atoms with Crippen LogP contribution in [0, 0.1) is 22.7 Å². The van der Waals surface area contributed by atoms with Gasteiger partial charge in [0, 0.05) is 31.7 Å². The molecule has 1 aliphatic rings. The van der Waals surface area contributed by atoms with Gasteiger partial charge in [-0.3, -0.25) is 4.79 Å². The molecule has 1 aromatic carbocycles. The Hall–Kier alpha value is -3.75. The van der Waals surface area contributed by atoms with Gasteiger partial charge in [-0.1, -0.05) is 6.58 Å². The van der Waals surface area contributed by atoms with Crippen molar-refractivity contribution < 1.29 is 23.9 Å². The molecule has 8 heteroatoms. The third-order valence-corrected chi connectivity index (χ3v) is 5.31. The molecule has 1 heterocycles. The Bertz CT molecular complexity index is 1170. The fourth-order valence-corrected chi connectivity index (χ4v) is 4.20. The van der Waals surface area contributed by atoms with Gasteiger partial charge in [0.25, 0.3) is 0 Å². The van der Waals surface area contributed by atoms with Gasteiger partial charge in [-0.05, 0) is 12.1 Å². The molecule has 1 aliphatic carbocycles. The summed E-state index contributed by atoms with van der Waals surface area (Å²) in [6.07, 6.45) is 0. The summed E-state index contributed by atoms with van der Waals surface area (Å²) in [6.45, 7) is 3.69. The van der Waals surface area contributed by atoms with Gasteiger partial charge in [-0.15, -0.1) is 11.3 Å². The number of benzene rings is 1. The molecule has 0 N–H and O–H groups in total. The molecule has 2 aromatic rings. The van der Waals surface area contributed by atoms with Crippen LogP contribution in [0.1, 0.15) is 36.0 Å². The summed E-state index contributed by atoms with van der Waals surface area (Å²) in [4.78, 5) is 37.3. The van der Waals surface area contributed by atoms with E-state index in [-0.39, 0.29) is 33.4 Å². The van der Waals surface area contributed by atoms with Gasteiger partial charge in [0.05, 0.1) is 25.3 Å². The lowest BCUT2D eigenvalue weighted by atomic mass is 10.0. The number of nitrogens with zero attached hydrogens (tertiary/aromatic N) is 2. The van der Waals surface area contributed by atoms with Crippen molar-refractivity contribution in [2.75, 3.05) is 14.2 Å². The van der Waals surface area contributed by atoms with Gasteiger partial charge in [-0.25, -0.2) is 9.59 Å². The highest BCUT2D eigenvalue weighted by atomic mass is 32.1. The normalized spacial score (nSPS) is 12.4. The highest BCUT2D eigenvalue weighted by Crippen LogP contribution is 2.47. The van der Waals surface area contributed by atoms with Crippen LogP contribution in [-0.4, -0.2) is 31.9 Å². The van der Waals surface area contributed by atoms with Crippen LogP contribution in [0.3, 0.4) is 0 Å². The second kappa shape index (κ2) is 6.52. The summed E-state index contributed by atoms with van der Waals surface area (Å²) in [6, 6.07) is 6.36. The Labute approximate surface area is 157 Å².